The molecule has 0 amide bonds. The van der Waals surface area contributed by atoms with E-state index in [4.69, 9.17) is 9.26 Å². The molecule has 0 saturated carbocycles. The standard InChI is InChI=1S/C22H17NO3/c1-15-9-11-17(12-10-15)21-13-18(23-26-21)14-25-22(24)20-8-4-6-16-5-2-3-7-19(16)20/h2-13H,14H2,1H3. The van der Waals surface area contributed by atoms with Gasteiger partial charge in [-0.25, -0.2) is 4.79 Å². The van der Waals surface area contributed by atoms with Crippen LogP contribution in [-0.2, 0) is 11.3 Å². The highest BCUT2D eigenvalue weighted by molar-refractivity contribution is 6.04. The quantitative estimate of drug-likeness (QED) is 0.480. The maximum Gasteiger partial charge on any atom is 0.339 e. The maximum absolute atomic E-state index is 12.5. The normalized spacial score (nSPS) is 10.8. The van der Waals surface area contributed by atoms with E-state index >= 15 is 0 Å². The average molecular weight is 343 g/mol. The van der Waals surface area contributed by atoms with Gasteiger partial charge in [-0.1, -0.05) is 71.4 Å². The van der Waals surface area contributed by atoms with Crippen molar-refractivity contribution in [3.05, 3.63) is 89.6 Å². The second-order valence-corrected chi connectivity index (χ2v) is 6.15. The number of fused-ring (bicyclic) bond motifs is 1. The van der Waals surface area contributed by atoms with Gasteiger partial charge in [0, 0.05) is 11.6 Å². The van der Waals surface area contributed by atoms with E-state index in [0.717, 1.165) is 16.3 Å². The van der Waals surface area contributed by atoms with Gasteiger partial charge in [0.15, 0.2) is 5.76 Å². The molecule has 0 fully saturated rings. The molecule has 0 bridgehead atoms. The molecule has 3 aromatic carbocycles. The first kappa shape index (κ1) is 16.1. The largest absolute Gasteiger partial charge is 0.455 e. The van der Waals surface area contributed by atoms with Crippen LogP contribution in [0.15, 0.2) is 77.3 Å². The molecule has 0 radical (unpaired) electrons. The Hall–Kier alpha value is -3.40. The van der Waals surface area contributed by atoms with E-state index in [2.05, 4.69) is 5.16 Å². The lowest BCUT2D eigenvalue weighted by Crippen LogP contribution is -2.06. The number of nitrogens with zero attached hydrogens (tertiary/aromatic N) is 1. The van der Waals surface area contributed by atoms with Crippen LogP contribution in [0, 0.1) is 6.92 Å². The summed E-state index contributed by atoms with van der Waals surface area (Å²) in [6.45, 7) is 2.10. The predicted molar refractivity (Wildman–Crippen MR) is 99.7 cm³/mol. The molecule has 0 N–H and O–H groups in total. The molecule has 4 rings (SSSR count). The fourth-order valence-electron chi connectivity index (χ4n) is 2.85. The van der Waals surface area contributed by atoms with Gasteiger partial charge < -0.3 is 9.26 Å². The van der Waals surface area contributed by atoms with Crippen molar-refractivity contribution in [3.63, 3.8) is 0 Å². The first-order valence-corrected chi connectivity index (χ1v) is 8.38. The lowest BCUT2D eigenvalue weighted by molar-refractivity contribution is 0.0466. The highest BCUT2D eigenvalue weighted by Crippen LogP contribution is 2.22. The molecular weight excluding hydrogens is 326 g/mol. The number of rotatable bonds is 4. The molecule has 1 aromatic heterocycles. The first-order valence-electron chi connectivity index (χ1n) is 8.38. The van der Waals surface area contributed by atoms with Crippen LogP contribution in [0.1, 0.15) is 21.6 Å². The Morgan fingerprint density at radius 1 is 1.00 bits per heavy atom. The fraction of sp³-hybridized carbons (Fsp3) is 0.0909. The summed E-state index contributed by atoms with van der Waals surface area (Å²) in [4.78, 5) is 12.5. The molecule has 0 aliphatic carbocycles. The van der Waals surface area contributed by atoms with Gasteiger partial charge in [-0.3, -0.25) is 0 Å². The van der Waals surface area contributed by atoms with Crippen molar-refractivity contribution in [2.45, 2.75) is 13.5 Å². The molecule has 4 nitrogen and oxygen atoms in total. The van der Waals surface area contributed by atoms with Crippen LogP contribution in [0.25, 0.3) is 22.1 Å². The van der Waals surface area contributed by atoms with Crippen molar-refractivity contribution >= 4 is 16.7 Å². The van der Waals surface area contributed by atoms with E-state index in [-0.39, 0.29) is 12.6 Å². The maximum atomic E-state index is 12.5. The van der Waals surface area contributed by atoms with Crippen molar-refractivity contribution in [1.82, 2.24) is 5.16 Å². The van der Waals surface area contributed by atoms with Gasteiger partial charge in [0.2, 0.25) is 0 Å². The Labute approximate surface area is 151 Å². The van der Waals surface area contributed by atoms with Gasteiger partial charge in [-0.2, -0.15) is 0 Å². The van der Waals surface area contributed by atoms with E-state index in [1.54, 1.807) is 12.1 Å². The van der Waals surface area contributed by atoms with Crippen LogP contribution in [0.5, 0.6) is 0 Å². The highest BCUT2D eigenvalue weighted by Gasteiger charge is 2.13. The van der Waals surface area contributed by atoms with Crippen LogP contribution in [-0.4, -0.2) is 11.1 Å². The summed E-state index contributed by atoms with van der Waals surface area (Å²) in [6, 6.07) is 23.1. The smallest absolute Gasteiger partial charge is 0.339 e. The van der Waals surface area contributed by atoms with Crippen molar-refractivity contribution in [2.24, 2.45) is 0 Å². The van der Waals surface area contributed by atoms with E-state index < -0.39 is 0 Å². The summed E-state index contributed by atoms with van der Waals surface area (Å²) in [7, 11) is 0. The van der Waals surface area contributed by atoms with Gasteiger partial charge in [0.05, 0.1) is 5.56 Å². The lowest BCUT2D eigenvalue weighted by Gasteiger charge is -2.06. The Kier molecular flexibility index (Phi) is 4.23. The van der Waals surface area contributed by atoms with Gasteiger partial charge in [-0.15, -0.1) is 0 Å². The number of ether oxygens (including phenoxy) is 1. The molecule has 0 unspecified atom stereocenters. The number of hydrogen-bond acceptors (Lipinski definition) is 4. The first-order chi connectivity index (χ1) is 12.7. The number of carbonyl (C=O) groups is 1. The zero-order chi connectivity index (χ0) is 17.9. The third kappa shape index (κ3) is 3.22. The zero-order valence-corrected chi connectivity index (χ0v) is 14.3. The summed E-state index contributed by atoms with van der Waals surface area (Å²) in [5.74, 6) is 0.280. The van der Waals surface area contributed by atoms with Crippen LogP contribution in [0.4, 0.5) is 0 Å². The van der Waals surface area contributed by atoms with Gasteiger partial charge in [0.25, 0.3) is 0 Å². The number of aromatic nitrogens is 1. The Morgan fingerprint density at radius 3 is 2.62 bits per heavy atom. The monoisotopic (exact) mass is 343 g/mol. The average Bonchev–Trinajstić information content (AvgIpc) is 3.15. The van der Waals surface area contributed by atoms with Crippen LogP contribution in [0.3, 0.4) is 0 Å². The number of benzene rings is 3. The zero-order valence-electron chi connectivity index (χ0n) is 14.3. The summed E-state index contributed by atoms with van der Waals surface area (Å²) < 4.78 is 10.8. The summed E-state index contributed by atoms with van der Waals surface area (Å²) in [5, 5.41) is 5.87. The molecule has 0 spiro atoms. The van der Waals surface area contributed by atoms with Gasteiger partial charge >= 0.3 is 5.97 Å². The molecule has 0 atom stereocenters. The van der Waals surface area contributed by atoms with Crippen molar-refractivity contribution in [2.75, 3.05) is 0 Å². The van der Waals surface area contributed by atoms with Gasteiger partial charge in [0.1, 0.15) is 12.3 Å². The van der Waals surface area contributed by atoms with Crippen molar-refractivity contribution in [3.8, 4) is 11.3 Å². The minimum atomic E-state index is -0.373. The van der Waals surface area contributed by atoms with Crippen LogP contribution in [0.2, 0.25) is 0 Å². The summed E-state index contributed by atoms with van der Waals surface area (Å²) >= 11 is 0. The second-order valence-electron chi connectivity index (χ2n) is 6.15. The Balaban J connectivity index is 1.49. The number of esters is 1. The van der Waals surface area contributed by atoms with Crippen molar-refractivity contribution in [1.29, 1.82) is 0 Å². The third-order valence-electron chi connectivity index (χ3n) is 4.26. The molecule has 0 aliphatic rings. The fourth-order valence-corrected chi connectivity index (χ4v) is 2.85. The van der Waals surface area contributed by atoms with Crippen LogP contribution >= 0.6 is 0 Å². The summed E-state index contributed by atoms with van der Waals surface area (Å²) in [6.07, 6.45) is 0. The number of carbonyl (C=O) groups excluding carboxylic acids is 1. The van der Waals surface area contributed by atoms with E-state index in [1.807, 2.05) is 67.6 Å². The topological polar surface area (TPSA) is 52.3 Å². The Morgan fingerprint density at radius 2 is 1.77 bits per heavy atom. The number of hydrogen-bond donors (Lipinski definition) is 0. The van der Waals surface area contributed by atoms with Gasteiger partial charge in [-0.05, 0) is 23.8 Å². The minimum absolute atomic E-state index is 0.0669. The molecule has 0 aliphatic heterocycles. The number of aryl methyl sites for hydroxylation is 1. The molecule has 26 heavy (non-hydrogen) atoms. The van der Waals surface area contributed by atoms with Crippen LogP contribution < -0.4 is 0 Å². The Bertz CT molecular complexity index is 1060. The van der Waals surface area contributed by atoms with E-state index in [1.165, 1.54) is 5.56 Å². The predicted octanol–water partition coefficient (Wildman–Crippen LogP) is 5.16. The van der Waals surface area contributed by atoms with E-state index in [0.29, 0.717) is 17.0 Å². The summed E-state index contributed by atoms with van der Waals surface area (Å²) in [5.41, 5.74) is 3.24. The molecular formula is C22H17NO3. The van der Waals surface area contributed by atoms with E-state index in [9.17, 15) is 4.79 Å². The highest BCUT2D eigenvalue weighted by atomic mass is 16.5. The van der Waals surface area contributed by atoms with Crippen molar-refractivity contribution < 1.29 is 14.1 Å². The molecule has 4 heteroatoms. The molecule has 4 aromatic rings. The minimum Gasteiger partial charge on any atom is -0.455 e. The molecule has 0 saturated heterocycles. The molecule has 128 valence electrons. The molecule has 1 heterocycles. The SMILES string of the molecule is Cc1ccc(-c2cc(COC(=O)c3cccc4ccccc34)no2)cc1. The third-order valence-corrected chi connectivity index (χ3v) is 4.26. The second kappa shape index (κ2) is 6.84. The lowest BCUT2D eigenvalue weighted by atomic mass is 10.1.